The highest BCUT2D eigenvalue weighted by atomic mass is 16.7. The molecule has 1 aliphatic heterocycles. The predicted molar refractivity (Wildman–Crippen MR) is 58.3 cm³/mol. The van der Waals surface area contributed by atoms with Gasteiger partial charge in [0.15, 0.2) is 12.4 Å². The smallest absolute Gasteiger partial charge is 0.335 e. The number of carboxylic acid groups (broad SMARTS) is 1. The van der Waals surface area contributed by atoms with E-state index in [1.165, 1.54) is 0 Å². The Morgan fingerprint density at radius 2 is 2.18 bits per heavy atom. The van der Waals surface area contributed by atoms with E-state index in [0.29, 0.717) is 6.61 Å². The Morgan fingerprint density at radius 3 is 2.82 bits per heavy atom. The lowest BCUT2D eigenvalue weighted by molar-refractivity contribution is -0.154. The van der Waals surface area contributed by atoms with Crippen molar-refractivity contribution in [3.63, 3.8) is 0 Å². The van der Waals surface area contributed by atoms with E-state index in [1.54, 1.807) is 0 Å². The molecule has 2 rings (SSSR count). The molecule has 92 valence electrons. The standard InChI is InChI=1S/C12H14O5/c13-12(14)10-7-16-11(17-10)8-15-6-9-4-2-1-3-5-9/h1-5,10-11H,6-8H2,(H,13,14)/t10-,11-/m0/s1. The van der Waals surface area contributed by atoms with Crippen molar-refractivity contribution in [2.24, 2.45) is 0 Å². The minimum atomic E-state index is -1.00. The number of hydrogen-bond donors (Lipinski definition) is 1. The maximum Gasteiger partial charge on any atom is 0.335 e. The molecule has 0 amide bonds. The van der Waals surface area contributed by atoms with Crippen LogP contribution < -0.4 is 0 Å². The van der Waals surface area contributed by atoms with Crippen molar-refractivity contribution < 1.29 is 24.1 Å². The lowest BCUT2D eigenvalue weighted by Gasteiger charge is -2.10. The Kier molecular flexibility index (Phi) is 4.08. The molecule has 17 heavy (non-hydrogen) atoms. The largest absolute Gasteiger partial charge is 0.479 e. The highest BCUT2D eigenvalue weighted by molar-refractivity contribution is 5.72. The van der Waals surface area contributed by atoms with Crippen LogP contribution in [0.25, 0.3) is 0 Å². The maximum absolute atomic E-state index is 10.6. The van der Waals surface area contributed by atoms with Crippen molar-refractivity contribution in [2.45, 2.75) is 19.0 Å². The van der Waals surface area contributed by atoms with E-state index in [-0.39, 0.29) is 13.2 Å². The molecule has 1 fully saturated rings. The van der Waals surface area contributed by atoms with Gasteiger partial charge in [0, 0.05) is 0 Å². The van der Waals surface area contributed by atoms with Crippen molar-refractivity contribution in [1.29, 1.82) is 0 Å². The number of ether oxygens (including phenoxy) is 3. The molecule has 0 aromatic heterocycles. The molecule has 5 nitrogen and oxygen atoms in total. The monoisotopic (exact) mass is 238 g/mol. The van der Waals surface area contributed by atoms with E-state index >= 15 is 0 Å². The van der Waals surface area contributed by atoms with Gasteiger partial charge in [0.05, 0.1) is 19.8 Å². The molecule has 1 N–H and O–H groups in total. The summed E-state index contributed by atoms with van der Waals surface area (Å²) in [5.74, 6) is -1.00. The minimum Gasteiger partial charge on any atom is -0.479 e. The van der Waals surface area contributed by atoms with Gasteiger partial charge in [-0.2, -0.15) is 0 Å². The van der Waals surface area contributed by atoms with Crippen LogP contribution in [0.4, 0.5) is 0 Å². The molecule has 1 aromatic carbocycles. The van der Waals surface area contributed by atoms with Gasteiger partial charge in [-0.05, 0) is 5.56 Å². The summed E-state index contributed by atoms with van der Waals surface area (Å²) in [6, 6.07) is 9.71. The van der Waals surface area contributed by atoms with Crippen LogP contribution in [0, 0.1) is 0 Å². The lowest BCUT2D eigenvalue weighted by atomic mass is 10.2. The van der Waals surface area contributed by atoms with Crippen LogP contribution >= 0.6 is 0 Å². The third kappa shape index (κ3) is 3.52. The summed E-state index contributed by atoms with van der Waals surface area (Å²) in [4.78, 5) is 10.6. The predicted octanol–water partition coefficient (Wildman–Crippen LogP) is 1.03. The molecule has 0 aliphatic carbocycles. The van der Waals surface area contributed by atoms with E-state index in [2.05, 4.69) is 0 Å². The number of benzene rings is 1. The number of hydrogen-bond acceptors (Lipinski definition) is 4. The molecule has 0 unspecified atom stereocenters. The van der Waals surface area contributed by atoms with Crippen LogP contribution in [0.3, 0.4) is 0 Å². The van der Waals surface area contributed by atoms with Crippen LogP contribution in [0.1, 0.15) is 5.56 Å². The van der Waals surface area contributed by atoms with Gasteiger partial charge in [-0.1, -0.05) is 30.3 Å². The van der Waals surface area contributed by atoms with Gasteiger partial charge in [-0.3, -0.25) is 0 Å². The van der Waals surface area contributed by atoms with E-state index in [1.807, 2.05) is 30.3 Å². The first-order valence-corrected chi connectivity index (χ1v) is 5.37. The number of aliphatic carboxylic acids is 1. The van der Waals surface area contributed by atoms with Gasteiger partial charge < -0.3 is 19.3 Å². The Labute approximate surface area is 98.9 Å². The SMILES string of the molecule is O=C(O)[C@@H]1CO[C@H](COCc2ccccc2)O1. The first kappa shape index (κ1) is 12.0. The van der Waals surface area contributed by atoms with E-state index in [0.717, 1.165) is 5.56 Å². The molecule has 0 spiro atoms. The van der Waals surface area contributed by atoms with Crippen LogP contribution in [-0.2, 0) is 25.6 Å². The lowest BCUT2D eigenvalue weighted by Crippen LogP contribution is -2.24. The fourth-order valence-electron chi connectivity index (χ4n) is 1.52. The normalized spacial score (nSPS) is 23.8. The average molecular weight is 238 g/mol. The van der Waals surface area contributed by atoms with E-state index in [9.17, 15) is 4.79 Å². The number of rotatable bonds is 5. The Balaban J connectivity index is 1.68. The summed E-state index contributed by atoms with van der Waals surface area (Å²) in [5.41, 5.74) is 1.06. The third-order valence-corrected chi connectivity index (χ3v) is 2.39. The fourth-order valence-corrected chi connectivity index (χ4v) is 1.52. The molecule has 5 heteroatoms. The topological polar surface area (TPSA) is 65.0 Å². The van der Waals surface area contributed by atoms with E-state index < -0.39 is 18.4 Å². The second-order valence-electron chi connectivity index (χ2n) is 3.73. The van der Waals surface area contributed by atoms with Gasteiger partial charge in [0.1, 0.15) is 0 Å². The van der Waals surface area contributed by atoms with Gasteiger partial charge in [-0.25, -0.2) is 4.79 Å². The van der Waals surface area contributed by atoms with Crippen molar-refractivity contribution in [3.05, 3.63) is 35.9 Å². The van der Waals surface area contributed by atoms with Gasteiger partial charge in [-0.15, -0.1) is 0 Å². The quantitative estimate of drug-likeness (QED) is 0.830. The first-order valence-electron chi connectivity index (χ1n) is 5.37. The molecule has 1 saturated heterocycles. The zero-order valence-corrected chi connectivity index (χ0v) is 9.24. The second kappa shape index (κ2) is 5.77. The molecule has 1 aliphatic rings. The average Bonchev–Trinajstić information content (AvgIpc) is 2.79. The number of carboxylic acids is 1. The summed E-state index contributed by atoms with van der Waals surface area (Å²) < 4.78 is 15.6. The Morgan fingerprint density at radius 1 is 1.41 bits per heavy atom. The molecule has 1 aromatic rings. The maximum atomic E-state index is 10.6. The minimum absolute atomic E-state index is 0.0781. The molecule has 0 bridgehead atoms. The number of carbonyl (C=O) groups is 1. The summed E-state index contributed by atoms with van der Waals surface area (Å²) in [6.45, 7) is 0.773. The molecule has 0 saturated carbocycles. The molecule has 2 atom stereocenters. The van der Waals surface area contributed by atoms with Crippen LogP contribution in [0.2, 0.25) is 0 Å². The third-order valence-electron chi connectivity index (χ3n) is 2.39. The van der Waals surface area contributed by atoms with Crippen molar-refractivity contribution in [2.75, 3.05) is 13.2 Å². The van der Waals surface area contributed by atoms with Crippen LogP contribution in [0.15, 0.2) is 30.3 Å². The first-order chi connectivity index (χ1) is 8.25. The summed E-state index contributed by atoms with van der Waals surface area (Å²) in [6.07, 6.45) is -1.46. The van der Waals surface area contributed by atoms with Gasteiger partial charge in [0.25, 0.3) is 0 Å². The van der Waals surface area contributed by atoms with Crippen LogP contribution in [0.5, 0.6) is 0 Å². The zero-order valence-electron chi connectivity index (χ0n) is 9.24. The zero-order chi connectivity index (χ0) is 12.1. The molecule has 0 radical (unpaired) electrons. The Bertz CT molecular complexity index is 364. The van der Waals surface area contributed by atoms with Crippen molar-refractivity contribution in [1.82, 2.24) is 0 Å². The van der Waals surface area contributed by atoms with Crippen molar-refractivity contribution in [3.8, 4) is 0 Å². The fraction of sp³-hybridized carbons (Fsp3) is 0.417. The van der Waals surface area contributed by atoms with Gasteiger partial charge in [0.2, 0.25) is 0 Å². The Hall–Kier alpha value is -1.43. The molecular formula is C12H14O5. The van der Waals surface area contributed by atoms with E-state index in [4.69, 9.17) is 19.3 Å². The second-order valence-corrected chi connectivity index (χ2v) is 3.73. The highest BCUT2D eigenvalue weighted by Gasteiger charge is 2.31. The van der Waals surface area contributed by atoms with Crippen LogP contribution in [-0.4, -0.2) is 36.7 Å². The van der Waals surface area contributed by atoms with Gasteiger partial charge >= 0.3 is 5.97 Å². The molecule has 1 heterocycles. The highest BCUT2D eigenvalue weighted by Crippen LogP contribution is 2.12. The van der Waals surface area contributed by atoms with Crippen molar-refractivity contribution >= 4 is 5.97 Å². The molecular weight excluding hydrogens is 224 g/mol. The summed E-state index contributed by atoms with van der Waals surface area (Å²) in [5, 5.41) is 8.69. The summed E-state index contributed by atoms with van der Waals surface area (Å²) in [7, 11) is 0. The summed E-state index contributed by atoms with van der Waals surface area (Å²) >= 11 is 0.